The number of benzene rings is 2. The Kier molecular flexibility index (Phi) is 5.96. The van der Waals surface area contributed by atoms with Crippen molar-refractivity contribution in [3.05, 3.63) is 63.7 Å². The number of nitro benzene ring substituents is 1. The van der Waals surface area contributed by atoms with Gasteiger partial charge in [0.15, 0.2) is 18.1 Å². The summed E-state index contributed by atoms with van der Waals surface area (Å²) in [5.41, 5.74) is 0.153. The van der Waals surface area contributed by atoms with E-state index in [2.05, 4.69) is 0 Å². The number of hydrogen-bond acceptors (Lipinski definition) is 7. The summed E-state index contributed by atoms with van der Waals surface area (Å²) >= 11 is 0. The van der Waals surface area contributed by atoms with Crippen LogP contribution < -0.4 is 9.47 Å². The number of nitrogens with zero attached hydrogens (tertiary/aromatic N) is 2. The number of nitro groups is 1. The second-order valence-electron chi connectivity index (χ2n) is 6.44. The second-order valence-corrected chi connectivity index (χ2v) is 6.44. The minimum atomic E-state index is -0.984. The molecule has 0 unspecified atom stereocenters. The lowest BCUT2D eigenvalue weighted by Gasteiger charge is -2.25. The first kappa shape index (κ1) is 20.1. The topological polar surface area (TPSA) is 108 Å². The fourth-order valence-corrected chi connectivity index (χ4v) is 2.87. The molecule has 3 rings (SSSR count). The Balaban J connectivity index is 1.70. The van der Waals surface area contributed by atoms with Crippen LogP contribution in [0.2, 0.25) is 0 Å². The van der Waals surface area contributed by atoms with Crippen molar-refractivity contribution in [2.24, 2.45) is 0 Å². The number of carbonyl (C=O) groups excluding carboxylic acids is 2. The van der Waals surface area contributed by atoms with E-state index in [-0.39, 0.29) is 36.3 Å². The maximum Gasteiger partial charge on any atom is 0.345 e. The Hall–Kier alpha value is -3.62. The van der Waals surface area contributed by atoms with Crippen LogP contribution in [0.1, 0.15) is 28.9 Å². The molecule has 2 aromatic carbocycles. The van der Waals surface area contributed by atoms with E-state index in [4.69, 9.17) is 14.2 Å². The zero-order valence-electron chi connectivity index (χ0n) is 16.0. The molecule has 0 N–H and O–H groups in total. The molecule has 1 amide bonds. The Morgan fingerprint density at radius 2 is 1.79 bits per heavy atom. The van der Waals surface area contributed by atoms with Gasteiger partial charge in [-0.15, -0.1) is 0 Å². The van der Waals surface area contributed by atoms with Crippen LogP contribution in [-0.2, 0) is 9.53 Å². The molecule has 0 saturated heterocycles. The number of likely N-dealkylation sites (N-methyl/N-ethyl adjacent to an activating group) is 1. The van der Waals surface area contributed by atoms with Gasteiger partial charge in [-0.1, -0.05) is 30.3 Å². The molecule has 9 nitrogen and oxygen atoms in total. The Morgan fingerprint density at radius 1 is 1.17 bits per heavy atom. The molecule has 9 heteroatoms. The Bertz CT molecular complexity index is 930. The maximum absolute atomic E-state index is 12.4. The molecular weight excluding hydrogens is 380 g/mol. The molecular formula is C20H20N2O7. The molecule has 152 valence electrons. The molecule has 0 aromatic heterocycles. The summed E-state index contributed by atoms with van der Waals surface area (Å²) in [6.45, 7) is 1.83. The van der Waals surface area contributed by atoms with Gasteiger partial charge in [0, 0.05) is 13.1 Å². The number of rotatable bonds is 6. The average Bonchev–Trinajstić information content (AvgIpc) is 2.75. The van der Waals surface area contributed by atoms with Crippen LogP contribution >= 0.6 is 0 Å². The van der Waals surface area contributed by atoms with Crippen molar-refractivity contribution in [3.63, 3.8) is 0 Å². The van der Waals surface area contributed by atoms with Crippen molar-refractivity contribution in [1.29, 1.82) is 0 Å². The van der Waals surface area contributed by atoms with Crippen LogP contribution in [0.25, 0.3) is 0 Å². The van der Waals surface area contributed by atoms with Gasteiger partial charge in [-0.3, -0.25) is 14.9 Å². The van der Waals surface area contributed by atoms with E-state index in [0.717, 1.165) is 11.6 Å². The van der Waals surface area contributed by atoms with Gasteiger partial charge in [0.25, 0.3) is 11.6 Å². The lowest BCUT2D eigenvalue weighted by Crippen LogP contribution is -2.33. The van der Waals surface area contributed by atoms with Crippen molar-refractivity contribution in [1.82, 2.24) is 4.90 Å². The normalized spacial score (nSPS) is 13.3. The molecule has 0 fully saturated rings. The molecule has 0 aliphatic carbocycles. The maximum atomic E-state index is 12.4. The summed E-state index contributed by atoms with van der Waals surface area (Å²) < 4.78 is 15.7. The van der Waals surface area contributed by atoms with E-state index in [0.29, 0.717) is 0 Å². The molecule has 1 heterocycles. The van der Waals surface area contributed by atoms with Crippen LogP contribution in [0, 0.1) is 10.1 Å². The highest BCUT2D eigenvalue weighted by Gasteiger charge is 2.28. The Morgan fingerprint density at radius 3 is 2.41 bits per heavy atom. The van der Waals surface area contributed by atoms with Gasteiger partial charge in [-0.2, -0.15) is 0 Å². The van der Waals surface area contributed by atoms with E-state index in [1.54, 1.807) is 7.05 Å². The zero-order chi connectivity index (χ0) is 21.0. The van der Waals surface area contributed by atoms with E-state index in [9.17, 15) is 19.7 Å². The molecule has 1 aliphatic rings. The molecule has 29 heavy (non-hydrogen) atoms. The number of hydrogen-bond donors (Lipinski definition) is 0. The molecule has 0 saturated carbocycles. The third-order valence-electron chi connectivity index (χ3n) is 4.66. The minimum Gasteiger partial charge on any atom is -0.486 e. The summed E-state index contributed by atoms with van der Waals surface area (Å²) in [5, 5.41) is 11.3. The standard InChI is InChI=1S/C20H20N2O7/c1-13(14-6-4-3-5-7-14)21(2)19(23)12-29-20(24)15-10-17-18(28-9-8-27-17)11-16(15)22(25)26/h3-7,10-11,13H,8-9,12H2,1-2H3/t13-/m0/s1. The predicted molar refractivity (Wildman–Crippen MR) is 102 cm³/mol. The molecule has 0 spiro atoms. The van der Waals surface area contributed by atoms with E-state index in [1.165, 1.54) is 11.0 Å². The van der Waals surface area contributed by atoms with Crippen LogP contribution in [0.5, 0.6) is 11.5 Å². The van der Waals surface area contributed by atoms with Gasteiger partial charge >= 0.3 is 5.97 Å². The average molecular weight is 400 g/mol. The van der Waals surface area contributed by atoms with Crippen molar-refractivity contribution >= 4 is 17.6 Å². The first-order chi connectivity index (χ1) is 13.9. The fourth-order valence-electron chi connectivity index (χ4n) is 2.87. The van der Waals surface area contributed by atoms with Crippen LogP contribution in [0.3, 0.4) is 0 Å². The highest BCUT2D eigenvalue weighted by molar-refractivity contribution is 5.96. The summed E-state index contributed by atoms with van der Waals surface area (Å²) in [5.74, 6) is -1.01. The van der Waals surface area contributed by atoms with Crippen LogP contribution in [0.4, 0.5) is 5.69 Å². The van der Waals surface area contributed by atoms with E-state index < -0.39 is 29.1 Å². The second kappa shape index (κ2) is 8.59. The molecule has 0 bridgehead atoms. The number of carbonyl (C=O) groups is 2. The summed E-state index contributed by atoms with van der Waals surface area (Å²) in [6, 6.07) is 11.5. The van der Waals surface area contributed by atoms with Gasteiger partial charge < -0.3 is 19.1 Å². The summed E-state index contributed by atoms with van der Waals surface area (Å²) in [7, 11) is 1.60. The van der Waals surface area contributed by atoms with Crippen molar-refractivity contribution < 1.29 is 28.7 Å². The zero-order valence-corrected chi connectivity index (χ0v) is 16.0. The summed E-state index contributed by atoms with van der Waals surface area (Å²) in [6.07, 6.45) is 0. The third-order valence-corrected chi connectivity index (χ3v) is 4.66. The highest BCUT2D eigenvalue weighted by Crippen LogP contribution is 2.36. The predicted octanol–water partition coefficient (Wildman–Crippen LogP) is 2.74. The monoisotopic (exact) mass is 400 g/mol. The largest absolute Gasteiger partial charge is 0.486 e. The Labute approximate surface area is 166 Å². The third kappa shape index (κ3) is 4.45. The first-order valence-corrected chi connectivity index (χ1v) is 8.94. The first-order valence-electron chi connectivity index (χ1n) is 8.94. The van der Waals surface area contributed by atoms with Crippen molar-refractivity contribution in [3.8, 4) is 11.5 Å². The van der Waals surface area contributed by atoms with Gasteiger partial charge in [0.1, 0.15) is 18.8 Å². The number of esters is 1. The molecule has 2 aromatic rings. The van der Waals surface area contributed by atoms with Crippen molar-refractivity contribution in [2.45, 2.75) is 13.0 Å². The molecule has 1 atom stereocenters. The van der Waals surface area contributed by atoms with Gasteiger partial charge in [-0.05, 0) is 12.5 Å². The van der Waals surface area contributed by atoms with Gasteiger partial charge in [0.05, 0.1) is 17.0 Å². The molecule has 1 aliphatic heterocycles. The number of fused-ring (bicyclic) bond motifs is 1. The molecule has 0 radical (unpaired) electrons. The van der Waals surface area contributed by atoms with Crippen LogP contribution in [-0.4, -0.2) is 48.6 Å². The lowest BCUT2D eigenvalue weighted by molar-refractivity contribution is -0.385. The number of amides is 1. The van der Waals surface area contributed by atoms with Crippen LogP contribution in [0.15, 0.2) is 42.5 Å². The van der Waals surface area contributed by atoms with Gasteiger partial charge in [-0.25, -0.2) is 4.79 Å². The van der Waals surface area contributed by atoms with Gasteiger partial charge in [0.2, 0.25) is 0 Å². The van der Waals surface area contributed by atoms with E-state index in [1.807, 2.05) is 37.3 Å². The lowest BCUT2D eigenvalue weighted by atomic mass is 10.1. The van der Waals surface area contributed by atoms with E-state index >= 15 is 0 Å². The fraction of sp³-hybridized carbons (Fsp3) is 0.300. The SMILES string of the molecule is C[C@@H](c1ccccc1)N(C)C(=O)COC(=O)c1cc2c(cc1[N+](=O)[O-])OCCO2. The minimum absolute atomic E-state index is 0.187. The van der Waals surface area contributed by atoms with Crippen molar-refractivity contribution in [2.75, 3.05) is 26.9 Å². The highest BCUT2D eigenvalue weighted by atomic mass is 16.6. The quantitative estimate of drug-likeness (QED) is 0.417. The smallest absolute Gasteiger partial charge is 0.345 e. The summed E-state index contributed by atoms with van der Waals surface area (Å²) in [4.78, 5) is 36.9. The number of ether oxygens (including phenoxy) is 3.